The van der Waals surface area contributed by atoms with Gasteiger partial charge < -0.3 is 24.6 Å². The highest BCUT2D eigenvalue weighted by Gasteiger charge is 2.27. The smallest absolute Gasteiger partial charge is 0.275 e. The van der Waals surface area contributed by atoms with Gasteiger partial charge in [-0.2, -0.15) is 0 Å². The largest absolute Gasteiger partial charge is 0.493 e. The standard InChI is InChI=1S/C22H30ClN3O5/c1-5-8-10-29-17-13-18(30-11-9-6-2)16(23)12-15(17)21-19(25-14(4)27)20(26-31-21)22(28)24-7-3/h12-13H,5-11H2,1-4H3,(H,24,28)(H,25,27). The molecule has 1 aromatic carbocycles. The van der Waals surface area contributed by atoms with E-state index in [9.17, 15) is 9.59 Å². The van der Waals surface area contributed by atoms with Crippen molar-refractivity contribution in [3.8, 4) is 22.8 Å². The Kier molecular flexibility index (Phi) is 9.65. The first-order valence-electron chi connectivity index (χ1n) is 10.6. The van der Waals surface area contributed by atoms with Gasteiger partial charge in [0.2, 0.25) is 5.91 Å². The fraction of sp³-hybridized carbons (Fsp3) is 0.500. The molecule has 1 aromatic heterocycles. The molecule has 9 heteroatoms. The van der Waals surface area contributed by atoms with Crippen LogP contribution in [0.5, 0.6) is 11.5 Å². The van der Waals surface area contributed by atoms with Crippen molar-refractivity contribution in [3.05, 3.63) is 22.8 Å². The zero-order valence-corrected chi connectivity index (χ0v) is 19.2. The van der Waals surface area contributed by atoms with Crippen LogP contribution in [0.4, 0.5) is 5.69 Å². The van der Waals surface area contributed by atoms with Crippen molar-refractivity contribution in [2.45, 2.75) is 53.4 Å². The Morgan fingerprint density at radius 3 is 2.29 bits per heavy atom. The highest BCUT2D eigenvalue weighted by molar-refractivity contribution is 6.32. The Hall–Kier alpha value is -2.74. The Labute approximate surface area is 187 Å². The van der Waals surface area contributed by atoms with Gasteiger partial charge in [-0.3, -0.25) is 9.59 Å². The molecule has 2 rings (SSSR count). The van der Waals surface area contributed by atoms with Crippen molar-refractivity contribution in [2.75, 3.05) is 25.1 Å². The van der Waals surface area contributed by atoms with Crippen LogP contribution in [0.3, 0.4) is 0 Å². The monoisotopic (exact) mass is 451 g/mol. The Morgan fingerprint density at radius 2 is 1.71 bits per heavy atom. The second kappa shape index (κ2) is 12.2. The van der Waals surface area contributed by atoms with Gasteiger partial charge in [-0.05, 0) is 25.8 Å². The molecule has 0 aliphatic carbocycles. The second-order valence-electron chi connectivity index (χ2n) is 6.96. The van der Waals surface area contributed by atoms with Crippen molar-refractivity contribution < 1.29 is 23.6 Å². The van der Waals surface area contributed by atoms with Gasteiger partial charge in [-0.15, -0.1) is 0 Å². The molecule has 2 N–H and O–H groups in total. The summed E-state index contributed by atoms with van der Waals surface area (Å²) < 4.78 is 17.3. The average molecular weight is 452 g/mol. The van der Waals surface area contributed by atoms with Crippen molar-refractivity contribution in [1.82, 2.24) is 10.5 Å². The molecule has 31 heavy (non-hydrogen) atoms. The van der Waals surface area contributed by atoms with E-state index in [2.05, 4.69) is 29.6 Å². The number of benzene rings is 1. The summed E-state index contributed by atoms with van der Waals surface area (Å²) in [5.74, 6) is 0.323. The third-order valence-electron chi connectivity index (χ3n) is 4.34. The Balaban J connectivity index is 2.54. The minimum atomic E-state index is -0.458. The van der Waals surface area contributed by atoms with Crippen molar-refractivity contribution in [2.24, 2.45) is 0 Å². The van der Waals surface area contributed by atoms with Crippen LogP contribution in [0.2, 0.25) is 5.02 Å². The number of halogens is 1. The van der Waals surface area contributed by atoms with Crippen LogP contribution in [0.25, 0.3) is 11.3 Å². The van der Waals surface area contributed by atoms with Gasteiger partial charge >= 0.3 is 0 Å². The van der Waals surface area contributed by atoms with Gasteiger partial charge in [-0.1, -0.05) is 43.4 Å². The molecule has 0 saturated carbocycles. The molecule has 0 atom stereocenters. The summed E-state index contributed by atoms with van der Waals surface area (Å²) in [6, 6.07) is 3.34. The van der Waals surface area contributed by atoms with Gasteiger partial charge in [0.25, 0.3) is 5.91 Å². The Bertz CT molecular complexity index is 898. The van der Waals surface area contributed by atoms with Gasteiger partial charge in [-0.25, -0.2) is 0 Å². The van der Waals surface area contributed by atoms with Crippen LogP contribution >= 0.6 is 11.6 Å². The summed E-state index contributed by atoms with van der Waals surface area (Å²) in [4.78, 5) is 24.2. The number of nitrogens with one attached hydrogen (secondary N) is 2. The quantitative estimate of drug-likeness (QED) is 0.437. The van der Waals surface area contributed by atoms with E-state index in [1.54, 1.807) is 19.1 Å². The summed E-state index contributed by atoms with van der Waals surface area (Å²) in [6.45, 7) is 8.68. The van der Waals surface area contributed by atoms with E-state index < -0.39 is 5.91 Å². The minimum Gasteiger partial charge on any atom is -0.493 e. The van der Waals surface area contributed by atoms with Crippen LogP contribution in [0, 0.1) is 0 Å². The third kappa shape index (κ3) is 6.62. The van der Waals surface area contributed by atoms with E-state index in [4.69, 9.17) is 25.6 Å². The minimum absolute atomic E-state index is 0.0223. The first-order valence-corrected chi connectivity index (χ1v) is 11.0. The topological polar surface area (TPSA) is 103 Å². The van der Waals surface area contributed by atoms with Crippen LogP contribution in [-0.4, -0.2) is 36.7 Å². The highest BCUT2D eigenvalue weighted by atomic mass is 35.5. The predicted octanol–water partition coefficient (Wildman–Crippen LogP) is 5.06. The maximum absolute atomic E-state index is 12.4. The number of ether oxygens (including phenoxy) is 2. The molecular weight excluding hydrogens is 422 g/mol. The molecule has 2 amide bonds. The molecule has 2 aromatic rings. The SMILES string of the molecule is CCCCOc1cc(OCCCC)c(-c2onc(C(=O)NCC)c2NC(C)=O)cc1Cl. The highest BCUT2D eigenvalue weighted by Crippen LogP contribution is 2.42. The lowest BCUT2D eigenvalue weighted by molar-refractivity contribution is -0.114. The number of nitrogens with zero attached hydrogens (tertiary/aromatic N) is 1. The summed E-state index contributed by atoms with van der Waals surface area (Å²) in [5.41, 5.74) is 0.608. The number of anilines is 1. The molecule has 8 nitrogen and oxygen atoms in total. The fourth-order valence-electron chi connectivity index (χ4n) is 2.76. The third-order valence-corrected chi connectivity index (χ3v) is 4.63. The second-order valence-corrected chi connectivity index (χ2v) is 7.37. The van der Waals surface area contributed by atoms with E-state index in [-0.39, 0.29) is 23.0 Å². The summed E-state index contributed by atoms with van der Waals surface area (Å²) >= 11 is 6.46. The van der Waals surface area contributed by atoms with Gasteiger partial charge in [0.15, 0.2) is 11.5 Å². The predicted molar refractivity (Wildman–Crippen MR) is 120 cm³/mol. The number of amides is 2. The number of hydrogen-bond donors (Lipinski definition) is 2. The lowest BCUT2D eigenvalue weighted by Gasteiger charge is -2.15. The molecule has 1 heterocycles. The molecule has 0 fully saturated rings. The number of carbonyl (C=O) groups excluding carboxylic acids is 2. The molecule has 0 aliphatic rings. The van der Waals surface area contributed by atoms with E-state index >= 15 is 0 Å². The Morgan fingerprint density at radius 1 is 1.06 bits per heavy atom. The molecule has 0 aliphatic heterocycles. The average Bonchev–Trinajstić information content (AvgIpc) is 3.13. The zero-order valence-electron chi connectivity index (χ0n) is 18.5. The lowest BCUT2D eigenvalue weighted by Crippen LogP contribution is -2.24. The molecule has 0 spiro atoms. The molecule has 0 unspecified atom stereocenters. The van der Waals surface area contributed by atoms with Gasteiger partial charge in [0.1, 0.15) is 17.2 Å². The van der Waals surface area contributed by atoms with Crippen LogP contribution in [0.1, 0.15) is 63.9 Å². The molecule has 170 valence electrons. The van der Waals surface area contributed by atoms with E-state index in [0.29, 0.717) is 41.8 Å². The molecule has 0 bridgehead atoms. The van der Waals surface area contributed by atoms with E-state index in [0.717, 1.165) is 25.7 Å². The van der Waals surface area contributed by atoms with Crippen molar-refractivity contribution in [1.29, 1.82) is 0 Å². The first kappa shape index (κ1) is 24.5. The summed E-state index contributed by atoms with van der Waals surface area (Å²) in [7, 11) is 0. The maximum atomic E-state index is 12.4. The maximum Gasteiger partial charge on any atom is 0.275 e. The molecule has 0 radical (unpaired) electrons. The van der Waals surface area contributed by atoms with Crippen molar-refractivity contribution in [3.63, 3.8) is 0 Å². The number of carbonyl (C=O) groups is 2. The number of hydrogen-bond acceptors (Lipinski definition) is 6. The summed E-state index contributed by atoms with van der Waals surface area (Å²) in [5, 5.41) is 9.54. The van der Waals surface area contributed by atoms with Gasteiger partial charge in [0.05, 0.1) is 23.8 Å². The van der Waals surface area contributed by atoms with Crippen LogP contribution < -0.4 is 20.1 Å². The molecular formula is C22H30ClN3O5. The van der Waals surface area contributed by atoms with E-state index in [1.807, 2.05) is 0 Å². The normalized spacial score (nSPS) is 10.6. The number of unbranched alkanes of at least 4 members (excludes halogenated alkanes) is 2. The van der Waals surface area contributed by atoms with Crippen LogP contribution in [-0.2, 0) is 4.79 Å². The van der Waals surface area contributed by atoms with Crippen molar-refractivity contribution >= 4 is 29.1 Å². The van der Waals surface area contributed by atoms with Crippen LogP contribution in [0.15, 0.2) is 16.7 Å². The summed E-state index contributed by atoms with van der Waals surface area (Å²) in [6.07, 6.45) is 3.71. The fourth-order valence-corrected chi connectivity index (χ4v) is 2.98. The molecule has 0 saturated heterocycles. The number of aromatic nitrogens is 1. The number of rotatable bonds is 12. The van der Waals surface area contributed by atoms with E-state index in [1.165, 1.54) is 6.92 Å². The lowest BCUT2D eigenvalue weighted by atomic mass is 10.1. The van der Waals surface area contributed by atoms with Gasteiger partial charge in [0, 0.05) is 19.5 Å². The first-order chi connectivity index (χ1) is 14.9. The zero-order chi connectivity index (χ0) is 22.8.